The van der Waals surface area contributed by atoms with Gasteiger partial charge in [0.15, 0.2) is 0 Å². The maximum absolute atomic E-state index is 14.1. The Morgan fingerprint density at radius 1 is 0.943 bits per heavy atom. The SMILES string of the molecule is Cc1ncsc1-c1ccc(CNC(=O)[C@@H]2C[C@@H](O)CN2C(=O)[C@@H](NC(=O)CO[C@H](C)c2ccc(Oc3ccc(C(=O)N[C@H]4C(C)(C)[C@H](Oc5ccc(C#N)c(Cl)c5)C4(C)C)cc3)cc2)C(C)(C)C)cc1. The van der Waals surface area contributed by atoms with E-state index in [-0.39, 0.29) is 50.1 Å². The molecule has 7 rings (SSSR count). The van der Waals surface area contributed by atoms with E-state index in [0.29, 0.717) is 33.4 Å². The number of aliphatic hydroxyl groups is 1. The van der Waals surface area contributed by atoms with Gasteiger partial charge in [-0.25, -0.2) is 4.98 Å². The van der Waals surface area contributed by atoms with E-state index in [2.05, 4.69) is 54.7 Å². The summed E-state index contributed by atoms with van der Waals surface area (Å²) in [5.41, 5.74) is 4.77. The zero-order valence-electron chi connectivity index (χ0n) is 41.0. The molecule has 1 saturated heterocycles. The van der Waals surface area contributed by atoms with Crippen molar-refractivity contribution in [3.8, 4) is 33.8 Å². The highest BCUT2D eigenvalue weighted by atomic mass is 35.5. The van der Waals surface area contributed by atoms with Crippen molar-refractivity contribution in [3.05, 3.63) is 129 Å². The average Bonchev–Trinajstić information content (AvgIpc) is 3.94. The van der Waals surface area contributed by atoms with E-state index in [1.165, 1.54) is 4.90 Å². The van der Waals surface area contributed by atoms with Crippen molar-refractivity contribution in [1.82, 2.24) is 25.8 Å². The number of carbonyl (C=O) groups is 4. The lowest BCUT2D eigenvalue weighted by Gasteiger charge is -2.63. The summed E-state index contributed by atoms with van der Waals surface area (Å²) in [5.74, 6) is 0.0876. The molecule has 4 atom stereocenters. The molecule has 14 nitrogen and oxygen atoms in total. The number of ether oxygens (including phenoxy) is 3. The Balaban J connectivity index is 0.876. The van der Waals surface area contributed by atoms with Crippen LogP contribution in [0.5, 0.6) is 17.2 Å². The molecule has 0 bridgehead atoms. The van der Waals surface area contributed by atoms with E-state index >= 15 is 0 Å². The van der Waals surface area contributed by atoms with Crippen LogP contribution in [-0.2, 0) is 25.7 Å². The number of benzene rings is 4. The van der Waals surface area contributed by atoms with Gasteiger partial charge >= 0.3 is 0 Å². The molecular formula is C54H61ClN6O8S. The van der Waals surface area contributed by atoms with Crippen molar-refractivity contribution >= 4 is 46.6 Å². The molecule has 1 saturated carbocycles. The number of amides is 4. The number of β-amino-alcohol motifs (C(OH)–C–C–N with tert-alkyl or cyclic N) is 1. The monoisotopic (exact) mass is 988 g/mol. The molecule has 0 unspecified atom stereocenters. The van der Waals surface area contributed by atoms with Crippen molar-refractivity contribution in [3.63, 3.8) is 0 Å². The van der Waals surface area contributed by atoms with Gasteiger partial charge in [-0.3, -0.25) is 19.2 Å². The molecule has 4 N–H and O–H groups in total. The number of likely N-dealkylation sites (tertiary alicyclic amines) is 1. The van der Waals surface area contributed by atoms with Gasteiger partial charge in [-0.05, 0) is 84.5 Å². The Morgan fingerprint density at radius 2 is 1.57 bits per heavy atom. The Morgan fingerprint density at radius 3 is 2.16 bits per heavy atom. The van der Waals surface area contributed by atoms with Crippen LogP contribution in [0.15, 0.2) is 96.5 Å². The van der Waals surface area contributed by atoms with Gasteiger partial charge < -0.3 is 40.2 Å². The number of nitrogens with zero attached hydrogens (tertiary/aromatic N) is 3. The number of hydrogen-bond donors (Lipinski definition) is 4. The smallest absolute Gasteiger partial charge is 0.251 e. The van der Waals surface area contributed by atoms with Crippen LogP contribution in [0.4, 0.5) is 0 Å². The highest BCUT2D eigenvalue weighted by Crippen LogP contribution is 2.55. The average molecular weight is 990 g/mol. The first kappa shape index (κ1) is 51.5. The zero-order valence-corrected chi connectivity index (χ0v) is 42.5. The highest BCUT2D eigenvalue weighted by Gasteiger charge is 2.64. The molecule has 2 aliphatic rings. The lowest BCUT2D eigenvalue weighted by molar-refractivity contribution is -0.164. The molecule has 368 valence electrons. The van der Waals surface area contributed by atoms with Gasteiger partial charge in [-0.2, -0.15) is 5.26 Å². The first-order valence-corrected chi connectivity index (χ1v) is 24.5. The van der Waals surface area contributed by atoms with Crippen LogP contribution in [0, 0.1) is 34.5 Å². The van der Waals surface area contributed by atoms with E-state index in [0.717, 1.165) is 27.3 Å². The number of nitriles is 1. The number of carbonyl (C=O) groups excluding carboxylic acids is 4. The van der Waals surface area contributed by atoms with Crippen molar-refractivity contribution in [2.45, 2.75) is 112 Å². The zero-order chi connectivity index (χ0) is 50.7. The first-order valence-electron chi connectivity index (χ1n) is 23.3. The standard InChI is InChI=1S/C54H61ClN6O8S/c1-31-45(70-30-58-31)35-12-10-33(11-13-35)27-57-48(65)43-24-38(62)28-61(43)49(66)46(52(3,4)5)59-44(63)29-67-32(2)34-14-19-39(20-15-34)68-40-21-16-36(17-22-40)47(64)60-50-53(6,7)51(54(50,8)9)69-41-23-18-37(26-56)42(55)25-41/h10-23,25,30,32,38,43,46,50-51,62H,24,27-29H2,1-9H3,(H,57,65)(H,59,63)(H,60,64)/t32-,38-,43+,46-,50-,51-/m1/s1. The van der Waals surface area contributed by atoms with Crippen LogP contribution < -0.4 is 25.4 Å². The lowest BCUT2D eigenvalue weighted by Crippen LogP contribution is -2.74. The molecule has 70 heavy (non-hydrogen) atoms. The summed E-state index contributed by atoms with van der Waals surface area (Å²) in [6.07, 6.45) is -1.53. The largest absolute Gasteiger partial charge is 0.489 e. The van der Waals surface area contributed by atoms with Gasteiger partial charge in [0.05, 0.1) is 38.9 Å². The summed E-state index contributed by atoms with van der Waals surface area (Å²) < 4.78 is 18.4. The Kier molecular flexibility index (Phi) is 15.4. The van der Waals surface area contributed by atoms with Crippen LogP contribution >= 0.6 is 22.9 Å². The number of hydrogen-bond acceptors (Lipinski definition) is 11. The minimum Gasteiger partial charge on any atom is -0.489 e. The maximum atomic E-state index is 14.1. The number of rotatable bonds is 16. The van der Waals surface area contributed by atoms with Gasteiger partial charge in [0.2, 0.25) is 17.7 Å². The van der Waals surface area contributed by atoms with E-state index in [1.54, 1.807) is 65.9 Å². The third kappa shape index (κ3) is 11.5. The molecule has 1 aliphatic heterocycles. The van der Waals surface area contributed by atoms with E-state index < -0.39 is 52.4 Å². The molecule has 4 aromatic carbocycles. The van der Waals surface area contributed by atoms with Crippen molar-refractivity contribution in [1.29, 1.82) is 5.26 Å². The number of aromatic nitrogens is 1. The molecule has 4 amide bonds. The van der Waals surface area contributed by atoms with Gasteiger partial charge in [0, 0.05) is 48.0 Å². The van der Waals surface area contributed by atoms with Gasteiger partial charge in [0.25, 0.3) is 5.91 Å². The van der Waals surface area contributed by atoms with Crippen LogP contribution in [-0.4, -0.2) is 82.1 Å². The number of thiazole rings is 1. The molecule has 0 radical (unpaired) electrons. The summed E-state index contributed by atoms with van der Waals surface area (Å²) in [6.45, 7) is 17.3. The summed E-state index contributed by atoms with van der Waals surface area (Å²) in [7, 11) is 0. The second-order valence-electron chi connectivity index (χ2n) is 20.4. The fraction of sp³-hybridized carbons (Fsp3) is 0.407. The van der Waals surface area contributed by atoms with Crippen molar-refractivity contribution in [2.75, 3.05) is 13.2 Å². The van der Waals surface area contributed by atoms with Crippen LogP contribution in [0.1, 0.15) is 101 Å². The van der Waals surface area contributed by atoms with Crippen molar-refractivity contribution < 1.29 is 38.5 Å². The number of halogens is 1. The molecule has 1 aliphatic carbocycles. The molecule has 5 aromatic rings. The Bertz CT molecular complexity index is 2730. The van der Waals surface area contributed by atoms with Crippen LogP contribution in [0.2, 0.25) is 5.02 Å². The normalized spacial score (nSPS) is 20.0. The predicted molar refractivity (Wildman–Crippen MR) is 268 cm³/mol. The quantitative estimate of drug-likeness (QED) is 0.0742. The first-order chi connectivity index (χ1) is 33.1. The second kappa shape index (κ2) is 21.0. The van der Waals surface area contributed by atoms with E-state index in [4.69, 9.17) is 25.8 Å². The molecular weight excluding hydrogens is 928 g/mol. The number of aliphatic hydroxyl groups excluding tert-OH is 1. The fourth-order valence-electron chi connectivity index (χ4n) is 9.71. The summed E-state index contributed by atoms with van der Waals surface area (Å²) >= 11 is 7.81. The highest BCUT2D eigenvalue weighted by molar-refractivity contribution is 7.13. The number of aryl methyl sites for hydroxylation is 1. The third-order valence-electron chi connectivity index (χ3n) is 13.3. The second-order valence-corrected chi connectivity index (χ2v) is 21.7. The molecule has 1 aromatic heterocycles. The summed E-state index contributed by atoms with van der Waals surface area (Å²) in [5, 5.41) is 29.2. The molecule has 16 heteroatoms. The minimum atomic E-state index is -1.00. The molecule has 2 heterocycles. The van der Waals surface area contributed by atoms with Gasteiger partial charge in [-0.15, -0.1) is 11.3 Å². The van der Waals surface area contributed by atoms with E-state index in [9.17, 15) is 29.5 Å². The van der Waals surface area contributed by atoms with Gasteiger partial charge in [-0.1, -0.05) is 96.5 Å². The van der Waals surface area contributed by atoms with Crippen LogP contribution in [0.25, 0.3) is 10.4 Å². The maximum Gasteiger partial charge on any atom is 0.251 e. The Hall–Kier alpha value is -6.31. The Labute approximate surface area is 418 Å². The van der Waals surface area contributed by atoms with Gasteiger partial charge in [0.1, 0.15) is 48.1 Å². The summed E-state index contributed by atoms with van der Waals surface area (Å²) in [4.78, 5) is 61.2. The predicted octanol–water partition coefficient (Wildman–Crippen LogP) is 8.93. The third-order valence-corrected chi connectivity index (χ3v) is 14.6. The summed E-state index contributed by atoms with van der Waals surface area (Å²) in [6, 6.07) is 26.9. The van der Waals surface area contributed by atoms with Crippen LogP contribution in [0.3, 0.4) is 0 Å². The van der Waals surface area contributed by atoms with E-state index in [1.807, 2.05) is 76.5 Å². The number of nitrogens with one attached hydrogen (secondary N) is 3. The fourth-order valence-corrected chi connectivity index (χ4v) is 10.7. The minimum absolute atomic E-state index is 0.0338. The molecule has 2 fully saturated rings. The molecule has 0 spiro atoms. The topological polar surface area (TPSA) is 192 Å². The van der Waals surface area contributed by atoms with Crippen molar-refractivity contribution in [2.24, 2.45) is 16.2 Å². The lowest BCUT2D eigenvalue weighted by atomic mass is 9.49.